The van der Waals surface area contributed by atoms with Gasteiger partial charge in [-0.1, -0.05) is 18.2 Å². The molecule has 0 saturated carbocycles. The Morgan fingerprint density at radius 3 is 2.48 bits per heavy atom. The summed E-state index contributed by atoms with van der Waals surface area (Å²) in [7, 11) is -3.51. The van der Waals surface area contributed by atoms with Crippen LogP contribution in [0.5, 0.6) is 5.75 Å². The van der Waals surface area contributed by atoms with E-state index in [9.17, 15) is 26.8 Å². The third kappa shape index (κ3) is 6.03. The molecule has 0 atom stereocenters. The van der Waals surface area contributed by atoms with Gasteiger partial charge < -0.3 is 14.8 Å². The summed E-state index contributed by atoms with van der Waals surface area (Å²) in [5.41, 5.74) is -0.0647. The van der Waals surface area contributed by atoms with E-state index in [1.165, 1.54) is 42.5 Å². The van der Waals surface area contributed by atoms with Crippen LogP contribution in [-0.2, 0) is 19.4 Å². The van der Waals surface area contributed by atoms with Crippen molar-refractivity contribution >= 4 is 27.4 Å². The van der Waals surface area contributed by atoms with Gasteiger partial charge in [0.05, 0.1) is 16.1 Å². The van der Waals surface area contributed by atoms with E-state index in [2.05, 4.69) is 10.1 Å². The first kappa shape index (κ1) is 20.3. The number of para-hydroxylation sites is 2. The quantitative estimate of drug-likeness (QED) is 0.719. The number of carbonyl (C=O) groups is 2. The maximum atomic E-state index is 12.3. The molecule has 0 radical (unpaired) electrons. The number of nitrogens with one attached hydrogen (secondary N) is 1. The van der Waals surface area contributed by atoms with Gasteiger partial charge in [-0.05, 0) is 30.3 Å². The second kappa shape index (κ2) is 8.58. The summed E-state index contributed by atoms with van der Waals surface area (Å²) in [5.74, 6) is -1.94. The van der Waals surface area contributed by atoms with Crippen LogP contribution in [0.4, 0.5) is 14.5 Å². The number of anilines is 1. The predicted octanol–water partition coefficient (Wildman–Crippen LogP) is 2.49. The van der Waals surface area contributed by atoms with Gasteiger partial charge in [0, 0.05) is 6.26 Å². The average molecular weight is 399 g/mol. The number of amides is 1. The minimum Gasteiger partial charge on any atom is -0.452 e. The highest BCUT2D eigenvalue weighted by molar-refractivity contribution is 7.90. The molecule has 144 valence electrons. The van der Waals surface area contributed by atoms with Gasteiger partial charge in [0.25, 0.3) is 5.91 Å². The summed E-state index contributed by atoms with van der Waals surface area (Å²) in [5, 5.41) is 2.29. The second-order valence-corrected chi connectivity index (χ2v) is 7.31. The molecule has 2 rings (SSSR count). The first-order valence-electron chi connectivity index (χ1n) is 7.48. The Morgan fingerprint density at radius 1 is 1.11 bits per heavy atom. The molecule has 0 bridgehead atoms. The fraction of sp³-hybridized carbons (Fsp3) is 0.176. The van der Waals surface area contributed by atoms with Crippen LogP contribution in [0.25, 0.3) is 0 Å². The van der Waals surface area contributed by atoms with Crippen molar-refractivity contribution in [3.63, 3.8) is 0 Å². The topological polar surface area (TPSA) is 98.8 Å². The molecule has 2 aromatic rings. The highest BCUT2D eigenvalue weighted by Crippen LogP contribution is 2.25. The Kier molecular flexibility index (Phi) is 6.45. The number of esters is 1. The molecule has 10 heteroatoms. The highest BCUT2D eigenvalue weighted by Gasteiger charge is 2.15. The van der Waals surface area contributed by atoms with Crippen molar-refractivity contribution in [3.8, 4) is 5.75 Å². The van der Waals surface area contributed by atoms with E-state index in [1.54, 1.807) is 0 Å². The molecule has 1 amide bonds. The van der Waals surface area contributed by atoms with Crippen LogP contribution in [0.2, 0.25) is 0 Å². The standard InChI is InChI=1S/C17H15F2NO6S/c1-27(23,24)12-6-4-5-11(9-12)16(22)25-10-15(21)20-13-7-2-3-8-14(13)26-17(18)19/h2-9,17H,10H2,1H3,(H,20,21). The average Bonchev–Trinajstić information content (AvgIpc) is 2.60. The Balaban J connectivity index is 1.99. The molecule has 0 aliphatic heterocycles. The van der Waals surface area contributed by atoms with Crippen LogP contribution >= 0.6 is 0 Å². The second-order valence-electron chi connectivity index (χ2n) is 5.30. The monoisotopic (exact) mass is 399 g/mol. The van der Waals surface area contributed by atoms with E-state index in [1.807, 2.05) is 0 Å². The molecule has 0 aliphatic carbocycles. The van der Waals surface area contributed by atoms with Gasteiger partial charge in [-0.2, -0.15) is 8.78 Å². The molecule has 0 unspecified atom stereocenters. The fourth-order valence-electron chi connectivity index (χ4n) is 2.02. The SMILES string of the molecule is CS(=O)(=O)c1cccc(C(=O)OCC(=O)Nc2ccccc2OC(F)F)c1. The van der Waals surface area contributed by atoms with Crippen molar-refractivity contribution in [1.29, 1.82) is 0 Å². The molecule has 0 heterocycles. The van der Waals surface area contributed by atoms with Crippen molar-refractivity contribution in [2.45, 2.75) is 11.5 Å². The number of ether oxygens (including phenoxy) is 2. The maximum Gasteiger partial charge on any atom is 0.387 e. The summed E-state index contributed by atoms with van der Waals surface area (Å²) in [4.78, 5) is 23.8. The third-order valence-corrected chi connectivity index (χ3v) is 4.32. The molecule has 1 N–H and O–H groups in total. The molecule has 0 aromatic heterocycles. The van der Waals surface area contributed by atoms with Crippen molar-refractivity contribution in [2.24, 2.45) is 0 Å². The van der Waals surface area contributed by atoms with E-state index in [-0.39, 0.29) is 21.9 Å². The largest absolute Gasteiger partial charge is 0.452 e. The molecule has 2 aromatic carbocycles. The van der Waals surface area contributed by atoms with Crippen LogP contribution in [0.15, 0.2) is 53.4 Å². The molecule has 0 aliphatic rings. The van der Waals surface area contributed by atoms with Gasteiger partial charge >= 0.3 is 12.6 Å². The number of rotatable bonds is 7. The molecule has 0 saturated heterocycles. The minimum absolute atomic E-state index is 0.0158. The predicted molar refractivity (Wildman–Crippen MR) is 91.5 cm³/mol. The maximum absolute atomic E-state index is 12.3. The Morgan fingerprint density at radius 2 is 1.81 bits per heavy atom. The lowest BCUT2D eigenvalue weighted by molar-refractivity contribution is -0.119. The van der Waals surface area contributed by atoms with Gasteiger partial charge in [0.15, 0.2) is 16.4 Å². The lowest BCUT2D eigenvalue weighted by Crippen LogP contribution is -2.21. The summed E-state index contributed by atoms with van der Waals surface area (Å²) in [6, 6.07) is 10.7. The van der Waals surface area contributed by atoms with Crippen LogP contribution in [-0.4, -0.2) is 39.8 Å². The smallest absolute Gasteiger partial charge is 0.387 e. The molecule has 7 nitrogen and oxygen atoms in total. The number of halogens is 2. The van der Waals surface area contributed by atoms with Gasteiger partial charge in [-0.3, -0.25) is 4.79 Å². The zero-order valence-corrected chi connectivity index (χ0v) is 14.8. The van der Waals surface area contributed by atoms with Crippen LogP contribution in [0.1, 0.15) is 10.4 Å². The summed E-state index contributed by atoms with van der Waals surface area (Å²) in [6.45, 7) is -3.77. The van der Waals surface area contributed by atoms with E-state index >= 15 is 0 Å². The van der Waals surface area contributed by atoms with Gasteiger partial charge in [0.1, 0.15) is 5.75 Å². The van der Waals surface area contributed by atoms with Crippen molar-refractivity contribution in [2.75, 3.05) is 18.2 Å². The third-order valence-electron chi connectivity index (χ3n) is 3.21. The fourth-order valence-corrected chi connectivity index (χ4v) is 2.69. The molecule has 0 fully saturated rings. The normalized spacial score (nSPS) is 11.1. The molecule has 0 spiro atoms. The first-order valence-corrected chi connectivity index (χ1v) is 9.37. The lowest BCUT2D eigenvalue weighted by atomic mass is 10.2. The highest BCUT2D eigenvalue weighted by atomic mass is 32.2. The number of sulfone groups is 1. The molecular formula is C17H15F2NO6S. The zero-order chi connectivity index (χ0) is 20.0. The Hall–Kier alpha value is -3.01. The van der Waals surface area contributed by atoms with Crippen molar-refractivity contribution in [3.05, 3.63) is 54.1 Å². The number of hydrogen-bond acceptors (Lipinski definition) is 6. The summed E-state index contributed by atoms with van der Waals surface area (Å²) in [6.07, 6.45) is 0.990. The summed E-state index contributed by atoms with van der Waals surface area (Å²) < 4.78 is 56.8. The Bertz CT molecular complexity index is 946. The van der Waals surface area contributed by atoms with E-state index < -0.39 is 34.9 Å². The number of hydrogen-bond donors (Lipinski definition) is 1. The number of alkyl halides is 2. The van der Waals surface area contributed by atoms with E-state index in [4.69, 9.17) is 4.74 Å². The summed E-state index contributed by atoms with van der Waals surface area (Å²) >= 11 is 0. The van der Waals surface area contributed by atoms with Gasteiger partial charge in [0.2, 0.25) is 0 Å². The molecule has 27 heavy (non-hydrogen) atoms. The van der Waals surface area contributed by atoms with E-state index in [0.717, 1.165) is 12.3 Å². The Labute approximate surface area is 153 Å². The van der Waals surface area contributed by atoms with Crippen LogP contribution in [0, 0.1) is 0 Å². The van der Waals surface area contributed by atoms with E-state index in [0.29, 0.717) is 0 Å². The van der Waals surface area contributed by atoms with Crippen LogP contribution < -0.4 is 10.1 Å². The van der Waals surface area contributed by atoms with Crippen molar-refractivity contribution in [1.82, 2.24) is 0 Å². The number of carbonyl (C=O) groups excluding carboxylic acids is 2. The van der Waals surface area contributed by atoms with Crippen molar-refractivity contribution < 1.29 is 36.3 Å². The minimum atomic E-state index is -3.51. The zero-order valence-electron chi connectivity index (χ0n) is 14.0. The van der Waals surface area contributed by atoms with Crippen LogP contribution in [0.3, 0.4) is 0 Å². The van der Waals surface area contributed by atoms with Gasteiger partial charge in [-0.15, -0.1) is 0 Å². The molecular weight excluding hydrogens is 384 g/mol. The lowest BCUT2D eigenvalue weighted by Gasteiger charge is -2.11. The number of benzene rings is 2. The van der Waals surface area contributed by atoms with Gasteiger partial charge in [-0.25, -0.2) is 13.2 Å². The first-order chi connectivity index (χ1) is 12.7.